The Labute approximate surface area is 115 Å². The van der Waals surface area contributed by atoms with Gasteiger partial charge in [-0.1, -0.05) is 26.0 Å². The Bertz CT molecular complexity index is 335. The van der Waals surface area contributed by atoms with Crippen molar-refractivity contribution < 1.29 is 14.2 Å². The van der Waals surface area contributed by atoms with Crippen LogP contribution >= 0.6 is 0 Å². The van der Waals surface area contributed by atoms with Crippen LogP contribution in [0, 0.1) is 17.7 Å². The molecule has 0 aliphatic rings. The first-order chi connectivity index (χ1) is 9.11. The summed E-state index contributed by atoms with van der Waals surface area (Å²) in [6, 6.07) is 6.47. The van der Waals surface area contributed by atoms with Gasteiger partial charge in [0.05, 0.1) is 0 Å². The first-order valence-corrected chi connectivity index (χ1v) is 7.05. The Morgan fingerprint density at radius 2 is 1.74 bits per heavy atom. The summed E-state index contributed by atoms with van der Waals surface area (Å²) in [7, 11) is 0. The molecule has 108 valence electrons. The van der Waals surface area contributed by atoms with Crippen molar-refractivity contribution in [2.45, 2.75) is 33.1 Å². The highest BCUT2D eigenvalue weighted by Crippen LogP contribution is 2.13. The van der Waals surface area contributed by atoms with E-state index in [4.69, 9.17) is 4.74 Å². The van der Waals surface area contributed by atoms with E-state index in [2.05, 4.69) is 13.8 Å². The normalized spacial score (nSPS) is 12.9. The second kappa shape index (κ2) is 9.05. The molecule has 2 nitrogen and oxygen atoms in total. The highest BCUT2D eigenvalue weighted by molar-refractivity contribution is 5.16. The van der Waals surface area contributed by atoms with Crippen molar-refractivity contribution in [3.8, 4) is 0 Å². The Morgan fingerprint density at radius 3 is 2.32 bits per heavy atom. The van der Waals surface area contributed by atoms with Crippen molar-refractivity contribution in [1.82, 2.24) is 0 Å². The molecule has 1 unspecified atom stereocenters. The number of aliphatic hydroxyl groups excluding tert-OH is 1. The first-order valence-electron chi connectivity index (χ1n) is 7.05. The van der Waals surface area contributed by atoms with Crippen LogP contribution in [0.25, 0.3) is 0 Å². The SMILES string of the molecule is CC(C)CCOCCC(CO)Cc1ccc(F)cc1. The van der Waals surface area contributed by atoms with Gasteiger partial charge in [0.1, 0.15) is 5.82 Å². The molecule has 0 amide bonds. The van der Waals surface area contributed by atoms with Crippen LogP contribution in [-0.4, -0.2) is 24.9 Å². The maximum atomic E-state index is 12.8. The average molecular weight is 268 g/mol. The van der Waals surface area contributed by atoms with Gasteiger partial charge < -0.3 is 9.84 Å². The molecule has 1 aromatic carbocycles. The molecule has 3 heteroatoms. The second-order valence-corrected chi connectivity index (χ2v) is 5.46. The lowest BCUT2D eigenvalue weighted by molar-refractivity contribution is 0.0984. The zero-order valence-electron chi connectivity index (χ0n) is 11.9. The van der Waals surface area contributed by atoms with Crippen LogP contribution in [0.15, 0.2) is 24.3 Å². The van der Waals surface area contributed by atoms with E-state index in [-0.39, 0.29) is 18.3 Å². The van der Waals surface area contributed by atoms with E-state index in [1.807, 2.05) is 0 Å². The quantitative estimate of drug-likeness (QED) is 0.695. The summed E-state index contributed by atoms with van der Waals surface area (Å²) in [5, 5.41) is 9.36. The monoisotopic (exact) mass is 268 g/mol. The lowest BCUT2D eigenvalue weighted by Crippen LogP contribution is -2.13. The highest BCUT2D eigenvalue weighted by Gasteiger charge is 2.09. The minimum Gasteiger partial charge on any atom is -0.396 e. The van der Waals surface area contributed by atoms with Gasteiger partial charge >= 0.3 is 0 Å². The van der Waals surface area contributed by atoms with Gasteiger partial charge in [-0.05, 0) is 48.8 Å². The minimum atomic E-state index is -0.221. The number of hydrogen-bond acceptors (Lipinski definition) is 2. The van der Waals surface area contributed by atoms with E-state index in [9.17, 15) is 9.50 Å². The Kier molecular flexibility index (Phi) is 7.68. The smallest absolute Gasteiger partial charge is 0.123 e. The van der Waals surface area contributed by atoms with Crippen LogP contribution in [0.2, 0.25) is 0 Å². The third-order valence-electron chi connectivity index (χ3n) is 3.21. The van der Waals surface area contributed by atoms with E-state index in [1.54, 1.807) is 12.1 Å². The molecule has 0 spiro atoms. The number of halogens is 1. The van der Waals surface area contributed by atoms with Gasteiger partial charge in [0.2, 0.25) is 0 Å². The van der Waals surface area contributed by atoms with Crippen LogP contribution in [0.3, 0.4) is 0 Å². The third-order valence-corrected chi connectivity index (χ3v) is 3.21. The summed E-state index contributed by atoms with van der Waals surface area (Å²) in [6.45, 7) is 5.96. The summed E-state index contributed by atoms with van der Waals surface area (Å²) in [6.07, 6.45) is 2.68. The predicted octanol–water partition coefficient (Wildman–Crippen LogP) is 3.43. The first kappa shape index (κ1) is 16.1. The van der Waals surface area contributed by atoms with Gasteiger partial charge in [-0.2, -0.15) is 0 Å². The number of ether oxygens (including phenoxy) is 1. The molecule has 0 fully saturated rings. The molecular formula is C16H25FO2. The molecule has 0 aliphatic heterocycles. The van der Waals surface area contributed by atoms with Crippen LogP contribution in [-0.2, 0) is 11.2 Å². The standard InChI is InChI=1S/C16H25FO2/c1-13(2)7-9-19-10-8-15(12-18)11-14-3-5-16(17)6-4-14/h3-6,13,15,18H,7-12H2,1-2H3. The zero-order chi connectivity index (χ0) is 14.1. The van der Waals surface area contributed by atoms with Gasteiger partial charge in [-0.25, -0.2) is 4.39 Å². The van der Waals surface area contributed by atoms with Crippen LogP contribution in [0.1, 0.15) is 32.3 Å². The molecule has 1 aromatic rings. The van der Waals surface area contributed by atoms with Crippen molar-refractivity contribution >= 4 is 0 Å². The molecule has 1 atom stereocenters. The van der Waals surface area contributed by atoms with E-state index in [0.717, 1.165) is 31.4 Å². The summed E-state index contributed by atoms with van der Waals surface area (Å²) >= 11 is 0. The molecule has 0 aromatic heterocycles. The molecule has 0 radical (unpaired) electrons. The van der Waals surface area contributed by atoms with E-state index in [0.29, 0.717) is 12.5 Å². The molecule has 0 saturated carbocycles. The number of hydrogen-bond donors (Lipinski definition) is 1. The van der Waals surface area contributed by atoms with E-state index < -0.39 is 0 Å². The summed E-state index contributed by atoms with van der Waals surface area (Å²) < 4.78 is 18.4. The van der Waals surface area contributed by atoms with Gasteiger partial charge in [0.15, 0.2) is 0 Å². The lowest BCUT2D eigenvalue weighted by atomic mass is 9.97. The Morgan fingerprint density at radius 1 is 1.11 bits per heavy atom. The molecule has 1 rings (SSSR count). The van der Waals surface area contributed by atoms with Crippen LogP contribution in [0.5, 0.6) is 0 Å². The Balaban J connectivity index is 2.24. The largest absolute Gasteiger partial charge is 0.396 e. The maximum absolute atomic E-state index is 12.8. The predicted molar refractivity (Wildman–Crippen MR) is 75.6 cm³/mol. The van der Waals surface area contributed by atoms with E-state index >= 15 is 0 Å². The average Bonchev–Trinajstić information content (AvgIpc) is 2.39. The topological polar surface area (TPSA) is 29.5 Å². The molecule has 0 bridgehead atoms. The summed E-state index contributed by atoms with van der Waals surface area (Å²) in [5.74, 6) is 0.624. The fraction of sp³-hybridized carbons (Fsp3) is 0.625. The molecule has 1 N–H and O–H groups in total. The molecule has 0 aliphatic carbocycles. The molecule has 0 heterocycles. The summed E-state index contributed by atoms with van der Waals surface area (Å²) in [5.41, 5.74) is 1.06. The van der Waals surface area contributed by atoms with Crippen LogP contribution < -0.4 is 0 Å². The number of benzene rings is 1. The fourth-order valence-electron chi connectivity index (χ4n) is 1.88. The third kappa shape index (κ3) is 7.28. The highest BCUT2D eigenvalue weighted by atomic mass is 19.1. The maximum Gasteiger partial charge on any atom is 0.123 e. The van der Waals surface area contributed by atoms with Crippen molar-refractivity contribution in [3.05, 3.63) is 35.6 Å². The molecular weight excluding hydrogens is 243 g/mol. The lowest BCUT2D eigenvalue weighted by Gasteiger charge is -2.14. The van der Waals surface area contributed by atoms with Gasteiger partial charge in [-0.3, -0.25) is 0 Å². The van der Waals surface area contributed by atoms with Crippen molar-refractivity contribution in [1.29, 1.82) is 0 Å². The van der Waals surface area contributed by atoms with Gasteiger partial charge in [-0.15, -0.1) is 0 Å². The van der Waals surface area contributed by atoms with Crippen molar-refractivity contribution in [3.63, 3.8) is 0 Å². The Hall–Kier alpha value is -0.930. The van der Waals surface area contributed by atoms with Crippen LogP contribution in [0.4, 0.5) is 4.39 Å². The van der Waals surface area contributed by atoms with Gasteiger partial charge in [0, 0.05) is 19.8 Å². The summed E-state index contributed by atoms with van der Waals surface area (Å²) in [4.78, 5) is 0. The van der Waals surface area contributed by atoms with Crippen molar-refractivity contribution in [2.75, 3.05) is 19.8 Å². The molecule has 19 heavy (non-hydrogen) atoms. The zero-order valence-corrected chi connectivity index (χ0v) is 11.9. The molecule has 0 saturated heterocycles. The fourth-order valence-corrected chi connectivity index (χ4v) is 1.88. The van der Waals surface area contributed by atoms with E-state index in [1.165, 1.54) is 12.1 Å². The number of rotatable bonds is 9. The minimum absolute atomic E-state index is 0.144. The van der Waals surface area contributed by atoms with Crippen molar-refractivity contribution in [2.24, 2.45) is 11.8 Å². The van der Waals surface area contributed by atoms with Gasteiger partial charge in [0.25, 0.3) is 0 Å². The second-order valence-electron chi connectivity index (χ2n) is 5.46. The number of aliphatic hydroxyl groups is 1.